The molecule has 0 saturated carbocycles. The summed E-state index contributed by atoms with van der Waals surface area (Å²) in [5.41, 5.74) is 1.27. The van der Waals surface area contributed by atoms with E-state index in [-0.39, 0.29) is 11.8 Å². The number of pyridine rings is 1. The maximum absolute atomic E-state index is 12.7. The van der Waals surface area contributed by atoms with Crippen LogP contribution in [-0.2, 0) is 20.9 Å². The highest BCUT2D eigenvalue weighted by Gasteiger charge is 2.45. The van der Waals surface area contributed by atoms with Crippen LogP contribution < -0.4 is 0 Å². The van der Waals surface area contributed by atoms with E-state index >= 15 is 0 Å². The fourth-order valence-corrected chi connectivity index (χ4v) is 4.03. The lowest BCUT2D eigenvalue weighted by atomic mass is 9.82. The topological polar surface area (TPSA) is 54.9 Å². The van der Waals surface area contributed by atoms with Crippen LogP contribution in [0, 0.1) is 17.8 Å². The highest BCUT2D eigenvalue weighted by molar-refractivity contribution is 5.78. The van der Waals surface area contributed by atoms with E-state index in [2.05, 4.69) is 22.0 Å². The number of nitrogens with zero attached hydrogens (tertiary/aromatic N) is 3. The number of carbonyl (C=O) groups excluding carboxylic acids is 1. The zero-order valence-electron chi connectivity index (χ0n) is 13.3. The molecule has 0 bridgehead atoms. The molecule has 4 rings (SSSR count). The molecule has 3 fully saturated rings. The van der Waals surface area contributed by atoms with Crippen molar-refractivity contribution in [1.82, 2.24) is 14.9 Å². The van der Waals surface area contributed by atoms with Crippen LogP contribution in [-0.4, -0.2) is 60.3 Å². The minimum absolute atomic E-state index is 0.0608. The molecule has 124 valence electrons. The molecule has 0 N–H and O–H groups in total. The fourth-order valence-electron chi connectivity index (χ4n) is 4.03. The Labute approximate surface area is 136 Å². The van der Waals surface area contributed by atoms with Crippen LogP contribution in [0.3, 0.4) is 0 Å². The molecule has 0 aromatic carbocycles. The third-order valence-electron chi connectivity index (χ3n) is 5.18. The lowest BCUT2D eigenvalue weighted by molar-refractivity contribution is -0.181. The number of aromatic nitrogens is 1. The lowest BCUT2D eigenvalue weighted by Crippen LogP contribution is -2.45. The van der Waals surface area contributed by atoms with Crippen LogP contribution in [0.2, 0.25) is 0 Å². The van der Waals surface area contributed by atoms with Crippen LogP contribution in [0.5, 0.6) is 0 Å². The van der Waals surface area contributed by atoms with E-state index in [1.54, 1.807) is 5.06 Å². The summed E-state index contributed by atoms with van der Waals surface area (Å²) in [5, 5.41) is 1.56. The Morgan fingerprint density at radius 1 is 1.26 bits per heavy atom. The van der Waals surface area contributed by atoms with E-state index in [1.807, 2.05) is 12.4 Å². The zero-order chi connectivity index (χ0) is 15.6. The van der Waals surface area contributed by atoms with Gasteiger partial charge in [-0.25, -0.2) is 5.06 Å². The molecule has 1 aromatic rings. The van der Waals surface area contributed by atoms with Crippen molar-refractivity contribution in [2.45, 2.75) is 13.0 Å². The minimum atomic E-state index is -0.0608. The number of hydrogen-bond donors (Lipinski definition) is 0. The smallest absolute Gasteiger partial charge is 0.251 e. The second-order valence-corrected chi connectivity index (χ2v) is 6.74. The lowest BCUT2D eigenvalue weighted by Gasteiger charge is -2.33. The average molecular weight is 317 g/mol. The SMILES string of the molecule is O=C([C@@H]1COC[C@@H]2CN(Cc3ccncc3)C[C@@H]21)N1CCCO1. The van der Waals surface area contributed by atoms with Gasteiger partial charge in [-0.1, -0.05) is 0 Å². The molecule has 23 heavy (non-hydrogen) atoms. The van der Waals surface area contributed by atoms with Crippen LogP contribution in [0.25, 0.3) is 0 Å². The quantitative estimate of drug-likeness (QED) is 0.830. The van der Waals surface area contributed by atoms with Gasteiger partial charge < -0.3 is 4.74 Å². The van der Waals surface area contributed by atoms with Crippen molar-refractivity contribution in [3.05, 3.63) is 30.1 Å². The molecule has 0 radical (unpaired) electrons. The van der Waals surface area contributed by atoms with E-state index in [9.17, 15) is 4.79 Å². The van der Waals surface area contributed by atoms with Gasteiger partial charge in [0.05, 0.1) is 32.3 Å². The summed E-state index contributed by atoms with van der Waals surface area (Å²) in [6, 6.07) is 4.11. The van der Waals surface area contributed by atoms with Crippen LogP contribution in [0.15, 0.2) is 24.5 Å². The first-order valence-electron chi connectivity index (χ1n) is 8.44. The number of hydroxylamine groups is 2. The van der Waals surface area contributed by atoms with E-state index in [4.69, 9.17) is 9.57 Å². The summed E-state index contributed by atoms with van der Waals surface area (Å²) in [6.45, 7) is 5.54. The third-order valence-corrected chi connectivity index (χ3v) is 5.18. The van der Waals surface area contributed by atoms with Crippen molar-refractivity contribution < 1.29 is 14.4 Å². The standard InChI is InChI=1S/C17H23N3O3/c21-17(20-6-1-7-23-20)16-12-22-11-14-9-19(10-15(14)16)8-13-2-4-18-5-3-13/h2-5,14-16H,1,6-12H2/t14-,15-,16+/m0/s1. The first-order valence-corrected chi connectivity index (χ1v) is 8.44. The first kappa shape index (κ1) is 15.1. The summed E-state index contributed by atoms with van der Waals surface area (Å²) < 4.78 is 5.74. The van der Waals surface area contributed by atoms with Gasteiger partial charge in [-0.2, -0.15) is 0 Å². The second kappa shape index (κ2) is 6.55. The van der Waals surface area contributed by atoms with Gasteiger partial charge in [-0.3, -0.25) is 19.5 Å². The van der Waals surface area contributed by atoms with Crippen molar-refractivity contribution in [1.29, 1.82) is 0 Å². The Balaban J connectivity index is 1.42. The predicted octanol–water partition coefficient (Wildman–Crippen LogP) is 0.940. The third kappa shape index (κ3) is 3.11. The van der Waals surface area contributed by atoms with E-state index in [0.29, 0.717) is 31.6 Å². The minimum Gasteiger partial charge on any atom is -0.380 e. The Morgan fingerprint density at radius 2 is 2.13 bits per heavy atom. The fraction of sp³-hybridized carbons (Fsp3) is 0.647. The number of fused-ring (bicyclic) bond motifs is 1. The molecule has 1 aromatic heterocycles. The van der Waals surface area contributed by atoms with Gasteiger partial charge in [0, 0.05) is 32.0 Å². The molecule has 0 aliphatic carbocycles. The summed E-state index contributed by atoms with van der Waals surface area (Å²) in [5.74, 6) is 0.877. The number of likely N-dealkylation sites (tertiary alicyclic amines) is 1. The Kier molecular flexibility index (Phi) is 4.29. The first-order chi connectivity index (χ1) is 11.3. The normalized spacial score (nSPS) is 31.3. The molecule has 4 heterocycles. The van der Waals surface area contributed by atoms with Crippen LogP contribution in [0.1, 0.15) is 12.0 Å². The molecular weight excluding hydrogens is 294 g/mol. The summed E-state index contributed by atoms with van der Waals surface area (Å²) in [6.07, 6.45) is 4.60. The van der Waals surface area contributed by atoms with Gasteiger partial charge in [-0.05, 0) is 36.0 Å². The molecule has 0 spiro atoms. The van der Waals surface area contributed by atoms with Crippen LogP contribution >= 0.6 is 0 Å². The van der Waals surface area contributed by atoms with Gasteiger partial charge in [0.2, 0.25) is 0 Å². The van der Waals surface area contributed by atoms with Crippen molar-refractivity contribution >= 4 is 5.91 Å². The Hall–Kier alpha value is -1.50. The monoisotopic (exact) mass is 317 g/mol. The highest BCUT2D eigenvalue weighted by atomic mass is 16.7. The zero-order valence-corrected chi connectivity index (χ0v) is 13.3. The largest absolute Gasteiger partial charge is 0.380 e. The number of ether oxygens (including phenoxy) is 1. The van der Waals surface area contributed by atoms with Gasteiger partial charge in [0.1, 0.15) is 0 Å². The van der Waals surface area contributed by atoms with E-state index < -0.39 is 0 Å². The average Bonchev–Trinajstić information content (AvgIpc) is 3.24. The summed E-state index contributed by atoms with van der Waals surface area (Å²) >= 11 is 0. The van der Waals surface area contributed by atoms with E-state index in [0.717, 1.165) is 32.7 Å². The van der Waals surface area contributed by atoms with Gasteiger partial charge >= 0.3 is 0 Å². The Morgan fingerprint density at radius 3 is 2.91 bits per heavy atom. The van der Waals surface area contributed by atoms with E-state index in [1.165, 1.54) is 5.56 Å². The van der Waals surface area contributed by atoms with Crippen LogP contribution in [0.4, 0.5) is 0 Å². The molecule has 3 aliphatic heterocycles. The molecule has 1 amide bonds. The van der Waals surface area contributed by atoms with Gasteiger partial charge in [0.15, 0.2) is 0 Å². The van der Waals surface area contributed by atoms with Crippen molar-refractivity contribution in [3.8, 4) is 0 Å². The summed E-state index contributed by atoms with van der Waals surface area (Å²) in [4.78, 5) is 24.7. The molecule has 6 heteroatoms. The maximum Gasteiger partial charge on any atom is 0.251 e. The van der Waals surface area contributed by atoms with Gasteiger partial charge in [0.25, 0.3) is 5.91 Å². The molecule has 0 unspecified atom stereocenters. The van der Waals surface area contributed by atoms with Gasteiger partial charge in [-0.15, -0.1) is 0 Å². The second-order valence-electron chi connectivity index (χ2n) is 6.74. The van der Waals surface area contributed by atoms with Crippen molar-refractivity contribution in [2.24, 2.45) is 17.8 Å². The molecule has 3 atom stereocenters. The molecule has 6 nitrogen and oxygen atoms in total. The molecule has 3 aliphatic rings. The predicted molar refractivity (Wildman–Crippen MR) is 83.1 cm³/mol. The highest BCUT2D eigenvalue weighted by Crippen LogP contribution is 2.36. The number of rotatable bonds is 3. The number of carbonyl (C=O) groups is 1. The molecular formula is C17H23N3O3. The number of amides is 1. The maximum atomic E-state index is 12.7. The molecule has 3 saturated heterocycles. The van der Waals surface area contributed by atoms with Crippen molar-refractivity contribution in [3.63, 3.8) is 0 Å². The summed E-state index contributed by atoms with van der Waals surface area (Å²) in [7, 11) is 0. The van der Waals surface area contributed by atoms with Crippen molar-refractivity contribution in [2.75, 3.05) is 39.5 Å². The number of hydrogen-bond acceptors (Lipinski definition) is 5. The Bertz CT molecular complexity index is 547.